The van der Waals surface area contributed by atoms with Crippen LogP contribution >= 0.6 is 11.3 Å². The summed E-state index contributed by atoms with van der Waals surface area (Å²) in [6, 6.07) is 6.43. The molecule has 0 radical (unpaired) electrons. The third kappa shape index (κ3) is 6.33. The molecular formula is C26H34N2OS. The predicted molar refractivity (Wildman–Crippen MR) is 131 cm³/mol. The highest BCUT2D eigenvalue weighted by molar-refractivity contribution is 7.13. The maximum Gasteiger partial charge on any atom is 0.187 e. The zero-order chi connectivity index (χ0) is 21.2. The van der Waals surface area contributed by atoms with Gasteiger partial charge < -0.3 is 10.1 Å². The molecule has 0 fully saturated rings. The Labute approximate surface area is 185 Å². The molecule has 1 unspecified atom stereocenters. The van der Waals surface area contributed by atoms with Crippen LogP contribution in [0.5, 0.6) is 5.75 Å². The number of allylic oxidation sites excluding steroid dienone is 5. The maximum absolute atomic E-state index is 6.23. The van der Waals surface area contributed by atoms with Crippen molar-refractivity contribution in [2.75, 3.05) is 5.32 Å². The lowest BCUT2D eigenvalue weighted by atomic mass is 10.0. The molecule has 1 aliphatic rings. The molecule has 0 bridgehead atoms. The quantitative estimate of drug-likeness (QED) is 0.277. The smallest absolute Gasteiger partial charge is 0.187 e. The van der Waals surface area contributed by atoms with Crippen LogP contribution < -0.4 is 10.1 Å². The summed E-state index contributed by atoms with van der Waals surface area (Å²) in [5.41, 5.74) is 4.30. The highest BCUT2D eigenvalue weighted by Gasteiger charge is 2.22. The van der Waals surface area contributed by atoms with Crippen molar-refractivity contribution in [1.29, 1.82) is 0 Å². The first-order valence-corrected chi connectivity index (χ1v) is 12.1. The van der Waals surface area contributed by atoms with Gasteiger partial charge in [0.2, 0.25) is 0 Å². The van der Waals surface area contributed by atoms with Crippen LogP contribution in [0.3, 0.4) is 0 Å². The minimum atomic E-state index is 0.333. The van der Waals surface area contributed by atoms with Crippen molar-refractivity contribution >= 4 is 27.7 Å². The number of rotatable bonds is 12. The van der Waals surface area contributed by atoms with Crippen molar-refractivity contribution in [2.24, 2.45) is 0 Å². The normalized spacial score (nSPS) is 15.9. The molecule has 2 heterocycles. The number of hydrogen-bond donors (Lipinski definition) is 1. The van der Waals surface area contributed by atoms with Crippen LogP contribution in [0.1, 0.15) is 70.1 Å². The molecule has 30 heavy (non-hydrogen) atoms. The van der Waals surface area contributed by atoms with Gasteiger partial charge in [0, 0.05) is 29.1 Å². The molecule has 3 rings (SSSR count). The van der Waals surface area contributed by atoms with E-state index < -0.39 is 0 Å². The van der Waals surface area contributed by atoms with E-state index in [1.165, 1.54) is 44.1 Å². The van der Waals surface area contributed by atoms with Crippen LogP contribution in [0.4, 0.5) is 10.8 Å². The first kappa shape index (κ1) is 22.4. The number of nitrogens with zero attached hydrogens (tertiary/aromatic N) is 1. The van der Waals surface area contributed by atoms with Gasteiger partial charge in [-0.15, -0.1) is 11.3 Å². The fraction of sp³-hybridized carbons (Fsp3) is 0.423. The summed E-state index contributed by atoms with van der Waals surface area (Å²) < 4.78 is 6.23. The highest BCUT2D eigenvalue weighted by atomic mass is 32.1. The maximum atomic E-state index is 6.23. The van der Waals surface area contributed by atoms with Gasteiger partial charge >= 0.3 is 0 Å². The standard InChI is InChI=1S/C26H34N2OS/c1-4-7-9-10-11-12-14-23-17-21-15-16-22(18-25(21)29-23)27-26-28-24(19-30-26)20(6-3)13-8-5-2/h5-6,8,13,15-16,18-19,23H,3-4,7,9-12,14,17H2,1-2H3,(H,27,28)/b8-5-,20-13+. The molecule has 0 spiro atoms. The molecule has 0 aliphatic carbocycles. The largest absolute Gasteiger partial charge is 0.490 e. The molecule has 0 saturated carbocycles. The average molecular weight is 423 g/mol. The predicted octanol–water partition coefficient (Wildman–Crippen LogP) is 8.09. The first-order valence-electron chi connectivity index (χ1n) is 11.2. The van der Waals surface area contributed by atoms with Crippen LogP contribution in [0.25, 0.3) is 5.57 Å². The van der Waals surface area contributed by atoms with E-state index in [0.717, 1.165) is 40.7 Å². The second-order valence-corrected chi connectivity index (χ2v) is 8.70. The summed E-state index contributed by atoms with van der Waals surface area (Å²) in [4.78, 5) is 4.70. The number of benzene rings is 1. The second-order valence-electron chi connectivity index (χ2n) is 7.84. The van der Waals surface area contributed by atoms with Crippen molar-refractivity contribution in [1.82, 2.24) is 4.98 Å². The molecule has 4 heteroatoms. The molecule has 1 aromatic carbocycles. The van der Waals surface area contributed by atoms with E-state index in [1.54, 1.807) is 11.3 Å². The summed E-state index contributed by atoms with van der Waals surface area (Å²) in [6.45, 7) is 8.16. The van der Waals surface area contributed by atoms with E-state index in [4.69, 9.17) is 9.72 Å². The molecule has 1 N–H and O–H groups in total. The molecular weight excluding hydrogens is 388 g/mol. The number of thiazole rings is 1. The van der Waals surface area contributed by atoms with Crippen LogP contribution in [0.15, 0.2) is 54.5 Å². The second kappa shape index (κ2) is 11.8. The fourth-order valence-electron chi connectivity index (χ4n) is 3.74. The molecule has 0 amide bonds. The van der Waals surface area contributed by atoms with Gasteiger partial charge in [0.05, 0.1) is 5.69 Å². The van der Waals surface area contributed by atoms with Gasteiger partial charge in [0.25, 0.3) is 0 Å². The summed E-state index contributed by atoms with van der Waals surface area (Å²) in [5.74, 6) is 1.02. The molecule has 3 nitrogen and oxygen atoms in total. The number of unbranched alkanes of at least 4 members (excludes halogenated alkanes) is 5. The van der Waals surface area contributed by atoms with E-state index in [9.17, 15) is 0 Å². The number of nitrogens with one attached hydrogen (secondary N) is 1. The zero-order valence-corrected chi connectivity index (χ0v) is 19.1. The lowest BCUT2D eigenvalue weighted by Gasteiger charge is -2.10. The van der Waals surface area contributed by atoms with Gasteiger partial charge in [-0.3, -0.25) is 0 Å². The van der Waals surface area contributed by atoms with Crippen molar-refractivity contribution in [3.8, 4) is 5.75 Å². The van der Waals surface area contributed by atoms with Crippen LogP contribution in [0, 0.1) is 0 Å². The van der Waals surface area contributed by atoms with Gasteiger partial charge in [0.15, 0.2) is 5.13 Å². The van der Waals surface area contributed by atoms with E-state index in [0.29, 0.717) is 6.10 Å². The monoisotopic (exact) mass is 422 g/mol. The number of fused-ring (bicyclic) bond motifs is 1. The van der Waals surface area contributed by atoms with E-state index >= 15 is 0 Å². The zero-order valence-electron chi connectivity index (χ0n) is 18.3. The molecule has 1 atom stereocenters. The summed E-state index contributed by atoms with van der Waals surface area (Å²) in [5, 5.41) is 6.35. The van der Waals surface area contributed by atoms with Crippen molar-refractivity contribution in [3.05, 3.63) is 65.7 Å². The third-order valence-electron chi connectivity index (χ3n) is 5.43. The number of hydrogen-bond acceptors (Lipinski definition) is 4. The third-order valence-corrected chi connectivity index (χ3v) is 6.19. The summed E-state index contributed by atoms with van der Waals surface area (Å²) in [7, 11) is 0. The van der Waals surface area contributed by atoms with E-state index in [1.807, 2.05) is 31.2 Å². The van der Waals surface area contributed by atoms with Crippen LogP contribution in [0.2, 0.25) is 0 Å². The van der Waals surface area contributed by atoms with Gasteiger partial charge in [-0.2, -0.15) is 0 Å². The van der Waals surface area contributed by atoms with Crippen LogP contribution in [-0.4, -0.2) is 11.1 Å². The van der Waals surface area contributed by atoms with Gasteiger partial charge in [0.1, 0.15) is 11.9 Å². The fourth-order valence-corrected chi connectivity index (χ4v) is 4.48. The first-order chi connectivity index (χ1) is 14.7. The molecule has 2 aromatic rings. The topological polar surface area (TPSA) is 34.1 Å². The number of anilines is 2. The minimum absolute atomic E-state index is 0.333. The highest BCUT2D eigenvalue weighted by Crippen LogP contribution is 2.35. The average Bonchev–Trinajstić information content (AvgIpc) is 3.37. The Kier molecular flexibility index (Phi) is 8.76. The molecule has 160 valence electrons. The Balaban J connectivity index is 1.53. The Bertz CT molecular complexity index is 881. The van der Waals surface area contributed by atoms with Crippen molar-refractivity contribution in [2.45, 2.75) is 71.3 Å². The molecule has 1 aromatic heterocycles. The summed E-state index contributed by atoms with van der Waals surface area (Å²) in [6.07, 6.45) is 18.4. The SMILES string of the molecule is C=C/C(=C\C=C/C)c1csc(Nc2ccc3c(c2)OC(CCCCCCCC)C3)n1. The van der Waals surface area contributed by atoms with E-state index in [-0.39, 0.29) is 0 Å². The Morgan fingerprint density at radius 1 is 1.27 bits per heavy atom. The van der Waals surface area contributed by atoms with Crippen LogP contribution in [-0.2, 0) is 6.42 Å². The molecule has 0 saturated heterocycles. The van der Waals surface area contributed by atoms with Crippen molar-refractivity contribution in [3.63, 3.8) is 0 Å². The summed E-state index contributed by atoms with van der Waals surface area (Å²) >= 11 is 1.60. The van der Waals surface area contributed by atoms with Gasteiger partial charge in [-0.05, 0) is 31.4 Å². The molecule has 1 aliphatic heterocycles. The lowest BCUT2D eigenvalue weighted by molar-refractivity contribution is 0.216. The number of ether oxygens (including phenoxy) is 1. The minimum Gasteiger partial charge on any atom is -0.490 e. The van der Waals surface area contributed by atoms with Crippen molar-refractivity contribution < 1.29 is 4.74 Å². The Hall–Kier alpha value is -2.33. The number of aromatic nitrogens is 1. The van der Waals surface area contributed by atoms with Gasteiger partial charge in [-0.1, -0.05) is 76.0 Å². The lowest BCUT2D eigenvalue weighted by Crippen LogP contribution is -2.12. The van der Waals surface area contributed by atoms with E-state index in [2.05, 4.69) is 42.4 Å². The Morgan fingerprint density at radius 3 is 2.90 bits per heavy atom. The Morgan fingerprint density at radius 2 is 2.10 bits per heavy atom. The van der Waals surface area contributed by atoms with Gasteiger partial charge in [-0.25, -0.2) is 4.98 Å².